The fourth-order valence-corrected chi connectivity index (χ4v) is 4.36. The van der Waals surface area contributed by atoms with Gasteiger partial charge in [-0.25, -0.2) is 13.1 Å². The molecule has 0 amide bonds. The third-order valence-electron chi connectivity index (χ3n) is 3.59. The van der Waals surface area contributed by atoms with Crippen LogP contribution in [-0.4, -0.2) is 27.2 Å². The highest BCUT2D eigenvalue weighted by atomic mass is 32.2. The van der Waals surface area contributed by atoms with E-state index in [0.717, 1.165) is 16.7 Å². The van der Waals surface area contributed by atoms with Gasteiger partial charge in [-0.15, -0.1) is 0 Å². The van der Waals surface area contributed by atoms with Crippen LogP contribution in [0.3, 0.4) is 0 Å². The average Bonchev–Trinajstić information content (AvgIpc) is 3.01. The number of sulfonamides is 1. The van der Waals surface area contributed by atoms with Crippen molar-refractivity contribution in [2.75, 3.05) is 13.7 Å². The fraction of sp³-hybridized carbons (Fsp3) is 0.375. The van der Waals surface area contributed by atoms with Gasteiger partial charge in [-0.1, -0.05) is 0 Å². The van der Waals surface area contributed by atoms with E-state index in [-0.39, 0.29) is 11.4 Å². The summed E-state index contributed by atoms with van der Waals surface area (Å²) in [7, 11) is -2.05. The SMILES string of the molecule is COc1c(C)cc(S(=O)(=O)NCCC(O)c2ccsc2)cc1C. The van der Waals surface area contributed by atoms with E-state index in [1.54, 1.807) is 19.2 Å². The number of aliphatic hydroxyl groups is 1. The first-order valence-corrected chi connectivity index (χ1v) is 9.63. The van der Waals surface area contributed by atoms with Crippen molar-refractivity contribution < 1.29 is 18.3 Å². The summed E-state index contributed by atoms with van der Waals surface area (Å²) in [5, 5.41) is 13.7. The Balaban J connectivity index is 2.04. The highest BCUT2D eigenvalue weighted by Crippen LogP contribution is 2.26. The fourth-order valence-electron chi connectivity index (χ4n) is 2.43. The van der Waals surface area contributed by atoms with Crippen molar-refractivity contribution in [2.45, 2.75) is 31.3 Å². The maximum absolute atomic E-state index is 12.4. The molecule has 0 saturated carbocycles. The Kier molecular flexibility index (Phi) is 5.80. The maximum atomic E-state index is 12.4. The van der Waals surface area contributed by atoms with Crippen LogP contribution in [0.2, 0.25) is 0 Å². The van der Waals surface area contributed by atoms with Gasteiger partial charge in [0.25, 0.3) is 0 Å². The van der Waals surface area contributed by atoms with E-state index in [2.05, 4.69) is 4.72 Å². The predicted octanol–water partition coefficient (Wildman–Crippen LogP) is 2.78. The first kappa shape index (κ1) is 17.9. The van der Waals surface area contributed by atoms with Crippen LogP contribution in [0.5, 0.6) is 5.75 Å². The third kappa shape index (κ3) is 4.32. The molecule has 7 heteroatoms. The van der Waals surface area contributed by atoms with Gasteiger partial charge in [0.2, 0.25) is 10.0 Å². The van der Waals surface area contributed by atoms with Crippen LogP contribution in [0.1, 0.15) is 29.2 Å². The molecular weight excluding hydrogens is 334 g/mol. The van der Waals surface area contributed by atoms with Crippen LogP contribution in [0.4, 0.5) is 0 Å². The number of rotatable bonds is 7. The molecule has 0 spiro atoms. The number of benzene rings is 1. The minimum Gasteiger partial charge on any atom is -0.496 e. The summed E-state index contributed by atoms with van der Waals surface area (Å²) in [5.74, 6) is 0.692. The van der Waals surface area contributed by atoms with Crippen molar-refractivity contribution in [3.8, 4) is 5.75 Å². The molecule has 23 heavy (non-hydrogen) atoms. The first-order chi connectivity index (χ1) is 10.8. The minimum atomic E-state index is -3.61. The normalized spacial score (nSPS) is 13.0. The van der Waals surface area contributed by atoms with Gasteiger partial charge in [0, 0.05) is 6.54 Å². The molecule has 2 rings (SSSR count). The summed E-state index contributed by atoms with van der Waals surface area (Å²) >= 11 is 1.50. The van der Waals surface area contributed by atoms with E-state index in [4.69, 9.17) is 4.74 Å². The number of hydrogen-bond acceptors (Lipinski definition) is 5. The van der Waals surface area contributed by atoms with E-state index < -0.39 is 16.1 Å². The average molecular weight is 355 g/mol. The molecule has 1 atom stereocenters. The zero-order valence-electron chi connectivity index (χ0n) is 13.4. The highest BCUT2D eigenvalue weighted by Gasteiger charge is 2.18. The summed E-state index contributed by atoms with van der Waals surface area (Å²) < 4.78 is 32.5. The van der Waals surface area contributed by atoms with Crippen molar-refractivity contribution in [2.24, 2.45) is 0 Å². The molecule has 1 unspecified atom stereocenters. The standard InChI is InChI=1S/C16H21NO4S2/c1-11-8-14(9-12(2)16(11)21-3)23(19,20)17-6-4-15(18)13-5-7-22-10-13/h5,7-10,15,17-18H,4,6H2,1-3H3. The maximum Gasteiger partial charge on any atom is 0.240 e. The van der Waals surface area contributed by atoms with E-state index >= 15 is 0 Å². The van der Waals surface area contributed by atoms with Crippen molar-refractivity contribution in [1.29, 1.82) is 0 Å². The van der Waals surface area contributed by atoms with E-state index in [9.17, 15) is 13.5 Å². The lowest BCUT2D eigenvalue weighted by Gasteiger charge is -2.13. The number of thiophene rings is 1. The summed E-state index contributed by atoms with van der Waals surface area (Å²) in [6.45, 7) is 3.79. The quantitative estimate of drug-likeness (QED) is 0.801. The lowest BCUT2D eigenvalue weighted by molar-refractivity contribution is 0.169. The number of nitrogens with one attached hydrogen (secondary N) is 1. The Morgan fingerprint density at radius 1 is 1.30 bits per heavy atom. The summed E-state index contributed by atoms with van der Waals surface area (Å²) in [5.41, 5.74) is 2.35. The Hall–Kier alpha value is -1.41. The molecule has 0 aliphatic heterocycles. The van der Waals surface area contributed by atoms with Gasteiger partial charge >= 0.3 is 0 Å². The number of ether oxygens (including phenoxy) is 1. The molecule has 1 aromatic heterocycles. The van der Waals surface area contributed by atoms with Crippen molar-refractivity contribution in [3.63, 3.8) is 0 Å². The molecule has 0 radical (unpaired) electrons. The first-order valence-electron chi connectivity index (χ1n) is 7.20. The topological polar surface area (TPSA) is 75.6 Å². The highest BCUT2D eigenvalue weighted by molar-refractivity contribution is 7.89. The molecule has 0 aliphatic carbocycles. The second-order valence-corrected chi connectivity index (χ2v) is 7.90. The van der Waals surface area contributed by atoms with Crippen LogP contribution in [0.15, 0.2) is 33.9 Å². The van der Waals surface area contributed by atoms with Crippen LogP contribution in [-0.2, 0) is 10.0 Å². The smallest absolute Gasteiger partial charge is 0.240 e. The number of hydrogen-bond donors (Lipinski definition) is 2. The number of aliphatic hydroxyl groups excluding tert-OH is 1. The zero-order valence-corrected chi connectivity index (χ0v) is 15.0. The van der Waals surface area contributed by atoms with Crippen molar-refractivity contribution in [1.82, 2.24) is 4.72 Å². The van der Waals surface area contributed by atoms with E-state index in [0.29, 0.717) is 12.2 Å². The molecule has 126 valence electrons. The molecule has 5 nitrogen and oxygen atoms in total. The molecule has 2 aromatic rings. The molecule has 1 heterocycles. The lowest BCUT2D eigenvalue weighted by atomic mass is 10.1. The van der Waals surface area contributed by atoms with Crippen molar-refractivity contribution >= 4 is 21.4 Å². The van der Waals surface area contributed by atoms with Crippen LogP contribution in [0.25, 0.3) is 0 Å². The van der Waals surface area contributed by atoms with Gasteiger partial charge in [-0.2, -0.15) is 11.3 Å². The van der Waals surface area contributed by atoms with Gasteiger partial charge in [0.1, 0.15) is 5.75 Å². The molecule has 2 N–H and O–H groups in total. The van der Waals surface area contributed by atoms with Crippen molar-refractivity contribution in [3.05, 3.63) is 45.6 Å². The van der Waals surface area contributed by atoms with E-state index in [1.807, 2.05) is 30.7 Å². The number of aryl methyl sites for hydroxylation is 2. The van der Waals surface area contributed by atoms with Gasteiger partial charge in [0.05, 0.1) is 18.1 Å². The molecule has 0 saturated heterocycles. The summed E-state index contributed by atoms with van der Waals surface area (Å²) in [4.78, 5) is 0.207. The molecule has 0 aliphatic rings. The van der Waals surface area contributed by atoms with Gasteiger partial charge < -0.3 is 9.84 Å². The van der Waals surface area contributed by atoms with E-state index in [1.165, 1.54) is 11.3 Å². The number of methoxy groups -OCH3 is 1. The monoisotopic (exact) mass is 355 g/mol. The molecule has 0 fully saturated rings. The van der Waals surface area contributed by atoms with Gasteiger partial charge in [-0.3, -0.25) is 0 Å². The predicted molar refractivity (Wildman–Crippen MR) is 91.6 cm³/mol. The molecular formula is C16H21NO4S2. The lowest BCUT2D eigenvalue weighted by Crippen LogP contribution is -2.26. The second kappa shape index (κ2) is 7.44. The zero-order chi connectivity index (χ0) is 17.0. The largest absolute Gasteiger partial charge is 0.496 e. The summed E-state index contributed by atoms with van der Waals surface area (Å²) in [6, 6.07) is 5.01. The third-order valence-corrected chi connectivity index (χ3v) is 5.73. The molecule has 1 aromatic carbocycles. The Bertz CT molecular complexity index is 731. The van der Waals surface area contributed by atoms with Gasteiger partial charge in [-0.05, 0) is 65.9 Å². The second-order valence-electron chi connectivity index (χ2n) is 5.35. The van der Waals surface area contributed by atoms with Crippen LogP contribution < -0.4 is 9.46 Å². The van der Waals surface area contributed by atoms with Crippen LogP contribution in [0, 0.1) is 13.8 Å². The minimum absolute atomic E-state index is 0.170. The Morgan fingerprint density at radius 3 is 2.48 bits per heavy atom. The summed E-state index contributed by atoms with van der Waals surface area (Å²) in [6.07, 6.45) is -0.340. The molecule has 0 bridgehead atoms. The van der Waals surface area contributed by atoms with Crippen LogP contribution >= 0.6 is 11.3 Å². The Labute approximate surface area is 141 Å². The van der Waals surface area contributed by atoms with Gasteiger partial charge in [0.15, 0.2) is 0 Å². The Morgan fingerprint density at radius 2 is 1.96 bits per heavy atom.